The Labute approximate surface area is 164 Å². The van der Waals surface area contributed by atoms with Crippen molar-refractivity contribution in [2.75, 3.05) is 5.75 Å². The van der Waals surface area contributed by atoms with Crippen LogP contribution in [0.5, 0.6) is 5.75 Å². The Morgan fingerprint density at radius 1 is 1.19 bits per heavy atom. The van der Waals surface area contributed by atoms with Crippen molar-refractivity contribution in [1.82, 2.24) is 19.8 Å². The normalized spacial score (nSPS) is 10.9. The van der Waals surface area contributed by atoms with Crippen LogP contribution in [0.25, 0.3) is 5.69 Å². The maximum absolute atomic E-state index is 12.3. The molecule has 3 rings (SSSR count). The lowest BCUT2D eigenvalue weighted by atomic mass is 10.2. The first-order valence-electron chi connectivity index (χ1n) is 7.83. The van der Waals surface area contributed by atoms with Gasteiger partial charge >= 0.3 is 5.69 Å². The molecule has 0 aliphatic carbocycles. The maximum Gasteiger partial charge on any atom is 0.368 e. The zero-order valence-electron chi connectivity index (χ0n) is 14.1. The molecule has 1 heterocycles. The quantitative estimate of drug-likeness (QED) is 0.575. The van der Waals surface area contributed by atoms with Crippen LogP contribution >= 0.6 is 35.0 Å². The van der Waals surface area contributed by atoms with Gasteiger partial charge in [-0.15, -0.1) is 11.8 Å². The van der Waals surface area contributed by atoms with Crippen LogP contribution in [-0.4, -0.2) is 25.5 Å². The Balaban J connectivity index is 2.02. The first kappa shape index (κ1) is 18.8. The van der Waals surface area contributed by atoms with Crippen LogP contribution in [0.4, 0.5) is 0 Å². The van der Waals surface area contributed by atoms with Gasteiger partial charge in [0.05, 0.1) is 10.7 Å². The highest BCUT2D eigenvalue weighted by Crippen LogP contribution is 2.31. The van der Waals surface area contributed by atoms with Crippen molar-refractivity contribution >= 4 is 35.0 Å². The van der Waals surface area contributed by atoms with Crippen molar-refractivity contribution in [2.24, 2.45) is 7.05 Å². The summed E-state index contributed by atoms with van der Waals surface area (Å²) in [6.45, 7) is 2.27. The van der Waals surface area contributed by atoms with E-state index in [1.165, 1.54) is 9.36 Å². The Morgan fingerprint density at radius 3 is 2.69 bits per heavy atom. The molecule has 0 fully saturated rings. The van der Waals surface area contributed by atoms with Crippen LogP contribution in [-0.2, 0) is 13.7 Å². The monoisotopic (exact) mass is 410 g/mol. The minimum Gasteiger partial charge on any atom is -0.487 e. The number of rotatable bonds is 6. The molecule has 0 spiro atoms. The van der Waals surface area contributed by atoms with Gasteiger partial charge in [-0.2, -0.15) is 9.36 Å². The summed E-state index contributed by atoms with van der Waals surface area (Å²) in [6.07, 6.45) is 0. The van der Waals surface area contributed by atoms with Crippen LogP contribution in [0.1, 0.15) is 12.5 Å². The minimum atomic E-state index is -0.328. The van der Waals surface area contributed by atoms with Crippen LogP contribution in [0.2, 0.25) is 10.0 Å². The van der Waals surface area contributed by atoms with Crippen LogP contribution in [0.15, 0.2) is 46.1 Å². The SMILES string of the molecule is CCSc1cccc(-n2nnn(C)c2=O)c1COc1cc(Cl)ccc1Cl. The van der Waals surface area contributed by atoms with Crippen molar-refractivity contribution in [3.8, 4) is 11.4 Å². The molecule has 0 bridgehead atoms. The molecule has 0 unspecified atom stereocenters. The Hall–Kier alpha value is -1.96. The molecule has 0 radical (unpaired) electrons. The molecule has 0 saturated heterocycles. The molecule has 0 aliphatic rings. The van der Waals surface area contributed by atoms with Crippen molar-refractivity contribution in [1.29, 1.82) is 0 Å². The third-order valence-electron chi connectivity index (χ3n) is 3.62. The maximum atomic E-state index is 12.3. The average Bonchev–Trinajstić information content (AvgIpc) is 2.95. The minimum absolute atomic E-state index is 0.210. The van der Waals surface area contributed by atoms with E-state index in [-0.39, 0.29) is 12.3 Å². The Kier molecular flexibility index (Phi) is 5.90. The number of ether oxygens (including phenoxy) is 1. The van der Waals surface area contributed by atoms with Crippen LogP contribution < -0.4 is 10.4 Å². The van der Waals surface area contributed by atoms with E-state index in [0.29, 0.717) is 21.5 Å². The van der Waals surface area contributed by atoms with Crippen molar-refractivity contribution in [2.45, 2.75) is 18.4 Å². The second-order valence-electron chi connectivity index (χ2n) is 5.35. The molecular weight excluding hydrogens is 395 g/mol. The van der Waals surface area contributed by atoms with Gasteiger partial charge in [0.2, 0.25) is 0 Å². The fraction of sp³-hybridized carbons (Fsp3) is 0.235. The van der Waals surface area contributed by atoms with Crippen molar-refractivity contribution in [3.05, 3.63) is 62.5 Å². The molecule has 3 aromatic rings. The van der Waals surface area contributed by atoms with Gasteiger partial charge < -0.3 is 4.74 Å². The number of aryl methyl sites for hydroxylation is 1. The van der Waals surface area contributed by atoms with E-state index >= 15 is 0 Å². The zero-order valence-corrected chi connectivity index (χ0v) is 16.5. The summed E-state index contributed by atoms with van der Waals surface area (Å²) in [5.41, 5.74) is 1.13. The fourth-order valence-corrected chi connectivity index (χ4v) is 3.55. The third kappa shape index (κ3) is 3.90. The van der Waals surface area contributed by atoms with E-state index in [1.54, 1.807) is 37.0 Å². The Bertz CT molecular complexity index is 987. The van der Waals surface area contributed by atoms with E-state index in [9.17, 15) is 4.79 Å². The number of benzene rings is 2. The van der Waals surface area contributed by atoms with E-state index in [2.05, 4.69) is 17.4 Å². The summed E-state index contributed by atoms with van der Waals surface area (Å²) < 4.78 is 8.34. The lowest BCUT2D eigenvalue weighted by Gasteiger charge is -2.15. The number of hydrogen-bond acceptors (Lipinski definition) is 5. The van der Waals surface area contributed by atoms with E-state index in [1.807, 2.05) is 18.2 Å². The number of nitrogens with zero attached hydrogens (tertiary/aromatic N) is 4. The molecule has 0 aliphatic heterocycles. The number of thioether (sulfide) groups is 1. The van der Waals surface area contributed by atoms with Gasteiger partial charge in [0.15, 0.2) is 0 Å². The van der Waals surface area contributed by atoms with Crippen molar-refractivity contribution in [3.63, 3.8) is 0 Å². The summed E-state index contributed by atoms with van der Waals surface area (Å²) in [7, 11) is 1.55. The van der Waals surface area contributed by atoms with E-state index in [0.717, 1.165) is 16.2 Å². The first-order chi connectivity index (χ1) is 12.5. The zero-order chi connectivity index (χ0) is 18.7. The average molecular weight is 411 g/mol. The molecule has 136 valence electrons. The molecule has 0 amide bonds. The topological polar surface area (TPSA) is 61.9 Å². The number of aromatic nitrogens is 4. The van der Waals surface area contributed by atoms with Gasteiger partial charge in [0.1, 0.15) is 12.4 Å². The third-order valence-corrected chi connectivity index (χ3v) is 5.15. The van der Waals surface area contributed by atoms with Gasteiger partial charge in [0.25, 0.3) is 0 Å². The summed E-state index contributed by atoms with van der Waals surface area (Å²) in [4.78, 5) is 13.3. The predicted molar refractivity (Wildman–Crippen MR) is 104 cm³/mol. The molecule has 26 heavy (non-hydrogen) atoms. The molecule has 2 aromatic carbocycles. The first-order valence-corrected chi connectivity index (χ1v) is 9.57. The smallest absolute Gasteiger partial charge is 0.368 e. The molecule has 0 saturated carbocycles. The number of hydrogen-bond donors (Lipinski definition) is 0. The highest BCUT2D eigenvalue weighted by atomic mass is 35.5. The number of halogens is 2. The second-order valence-corrected chi connectivity index (χ2v) is 7.50. The van der Waals surface area contributed by atoms with Crippen molar-refractivity contribution < 1.29 is 4.74 Å². The summed E-state index contributed by atoms with van der Waals surface area (Å²) >= 11 is 13.9. The summed E-state index contributed by atoms with van der Waals surface area (Å²) in [5, 5.41) is 8.72. The highest BCUT2D eigenvalue weighted by molar-refractivity contribution is 7.99. The molecule has 9 heteroatoms. The largest absolute Gasteiger partial charge is 0.487 e. The molecule has 0 N–H and O–H groups in total. The standard InChI is InChI=1S/C17H16Cl2N4O2S/c1-3-26-16-6-4-5-14(23-17(24)22(2)20-21-23)12(16)10-25-15-9-11(18)7-8-13(15)19/h4-9H,3,10H2,1-2H3. The van der Waals surface area contributed by atoms with Gasteiger partial charge in [-0.05, 0) is 40.4 Å². The summed E-state index contributed by atoms with van der Waals surface area (Å²) in [5.74, 6) is 1.36. The van der Waals surface area contributed by atoms with E-state index in [4.69, 9.17) is 27.9 Å². The van der Waals surface area contributed by atoms with Gasteiger partial charge in [-0.3, -0.25) is 0 Å². The van der Waals surface area contributed by atoms with Crippen LogP contribution in [0.3, 0.4) is 0 Å². The molecule has 6 nitrogen and oxygen atoms in total. The molecule has 1 aromatic heterocycles. The van der Waals surface area contributed by atoms with E-state index < -0.39 is 0 Å². The highest BCUT2D eigenvalue weighted by Gasteiger charge is 2.16. The van der Waals surface area contributed by atoms with Gasteiger partial charge in [-0.1, -0.05) is 36.2 Å². The fourth-order valence-electron chi connectivity index (χ4n) is 2.39. The molecular formula is C17H16Cl2N4O2S. The van der Waals surface area contributed by atoms with Crippen LogP contribution in [0, 0.1) is 0 Å². The lowest BCUT2D eigenvalue weighted by molar-refractivity contribution is 0.303. The Morgan fingerprint density at radius 2 is 2.00 bits per heavy atom. The van der Waals surface area contributed by atoms with Gasteiger partial charge in [0, 0.05) is 28.6 Å². The molecule has 0 atom stereocenters. The summed E-state index contributed by atoms with van der Waals surface area (Å²) in [6, 6.07) is 10.7. The lowest BCUT2D eigenvalue weighted by Crippen LogP contribution is -2.23. The predicted octanol–water partition coefficient (Wildman–Crippen LogP) is 3.96. The number of tetrazole rings is 1. The van der Waals surface area contributed by atoms with Gasteiger partial charge in [-0.25, -0.2) is 4.79 Å². The second kappa shape index (κ2) is 8.16.